The van der Waals surface area contributed by atoms with E-state index in [0.717, 1.165) is 16.7 Å². The van der Waals surface area contributed by atoms with Crippen molar-refractivity contribution in [3.8, 4) is 5.75 Å². The van der Waals surface area contributed by atoms with Crippen LogP contribution in [0, 0.1) is 6.92 Å². The summed E-state index contributed by atoms with van der Waals surface area (Å²) in [5.74, 6) is 0.655. The van der Waals surface area contributed by atoms with Crippen molar-refractivity contribution in [2.45, 2.75) is 26.5 Å². The van der Waals surface area contributed by atoms with Crippen LogP contribution in [0.5, 0.6) is 5.75 Å². The number of aryl methyl sites for hydroxylation is 1. The van der Waals surface area contributed by atoms with E-state index < -0.39 is 12.0 Å². The van der Waals surface area contributed by atoms with Crippen molar-refractivity contribution in [1.82, 2.24) is 20.2 Å². The highest BCUT2D eigenvalue weighted by molar-refractivity contribution is 5.92. The lowest BCUT2D eigenvalue weighted by Gasteiger charge is -2.28. The number of tetrazole rings is 1. The molecule has 8 heteroatoms. The van der Waals surface area contributed by atoms with Gasteiger partial charge < -0.3 is 14.8 Å². The summed E-state index contributed by atoms with van der Waals surface area (Å²) in [5.41, 5.74) is 4.09. The maximum Gasteiger partial charge on any atom is 0.338 e. The summed E-state index contributed by atoms with van der Waals surface area (Å²) < 4.78 is 12.8. The van der Waals surface area contributed by atoms with Gasteiger partial charge in [0.05, 0.1) is 12.7 Å². The summed E-state index contributed by atoms with van der Waals surface area (Å²) in [6.45, 7) is 4.26. The first-order valence-electron chi connectivity index (χ1n) is 9.20. The molecule has 0 saturated heterocycles. The first kappa shape index (κ1) is 18.7. The van der Waals surface area contributed by atoms with Crippen LogP contribution in [0.1, 0.15) is 29.7 Å². The highest BCUT2D eigenvalue weighted by atomic mass is 16.5. The number of benzene rings is 2. The van der Waals surface area contributed by atoms with Crippen molar-refractivity contribution in [3.05, 3.63) is 76.5 Å². The molecule has 0 saturated carbocycles. The quantitative estimate of drug-likeness (QED) is 0.669. The fraction of sp³-hybridized carbons (Fsp3) is 0.238. The van der Waals surface area contributed by atoms with E-state index in [2.05, 4.69) is 20.8 Å². The molecule has 0 amide bonds. The van der Waals surface area contributed by atoms with Crippen LogP contribution in [0.25, 0.3) is 0 Å². The minimum absolute atomic E-state index is 0.410. The average molecular weight is 391 g/mol. The van der Waals surface area contributed by atoms with Gasteiger partial charge in [0.2, 0.25) is 5.95 Å². The lowest BCUT2D eigenvalue weighted by atomic mass is 9.95. The van der Waals surface area contributed by atoms with Crippen molar-refractivity contribution in [2.24, 2.45) is 0 Å². The molecule has 1 aliphatic heterocycles. The van der Waals surface area contributed by atoms with Gasteiger partial charge in [0, 0.05) is 11.3 Å². The van der Waals surface area contributed by atoms with Crippen LogP contribution in [0.15, 0.2) is 59.8 Å². The van der Waals surface area contributed by atoms with Gasteiger partial charge >= 0.3 is 5.97 Å². The number of anilines is 1. The highest BCUT2D eigenvalue weighted by Crippen LogP contribution is 2.39. The molecule has 0 bridgehead atoms. The topological polar surface area (TPSA) is 91.2 Å². The molecule has 1 unspecified atom stereocenters. The Morgan fingerprint density at radius 2 is 1.90 bits per heavy atom. The van der Waals surface area contributed by atoms with E-state index in [9.17, 15) is 4.79 Å². The summed E-state index contributed by atoms with van der Waals surface area (Å²) in [4.78, 5) is 12.6. The van der Waals surface area contributed by atoms with Crippen LogP contribution in [-0.2, 0) is 16.1 Å². The number of carbonyl (C=O) groups excluding carboxylic acids is 1. The zero-order valence-electron chi connectivity index (χ0n) is 16.4. The number of hydrogen-bond acceptors (Lipinski definition) is 7. The van der Waals surface area contributed by atoms with Gasteiger partial charge in [-0.05, 0) is 41.5 Å². The van der Waals surface area contributed by atoms with E-state index >= 15 is 0 Å². The molecular formula is C21H21N5O3. The number of aromatic nitrogens is 4. The van der Waals surface area contributed by atoms with E-state index in [0.29, 0.717) is 29.6 Å². The first-order valence-corrected chi connectivity index (χ1v) is 9.20. The van der Waals surface area contributed by atoms with E-state index in [1.54, 1.807) is 11.6 Å². The number of methoxy groups -OCH3 is 1. The van der Waals surface area contributed by atoms with Gasteiger partial charge in [0.25, 0.3) is 0 Å². The molecule has 2 aromatic carbocycles. The van der Waals surface area contributed by atoms with Crippen LogP contribution in [0.2, 0.25) is 0 Å². The van der Waals surface area contributed by atoms with Crippen molar-refractivity contribution < 1.29 is 14.3 Å². The number of allylic oxidation sites excluding steroid dienone is 1. The van der Waals surface area contributed by atoms with Crippen LogP contribution in [-0.4, -0.2) is 33.3 Å². The molecule has 148 valence electrons. The molecule has 29 heavy (non-hydrogen) atoms. The van der Waals surface area contributed by atoms with E-state index in [4.69, 9.17) is 9.47 Å². The minimum Gasteiger partial charge on any atom is -0.489 e. The second kappa shape index (κ2) is 7.75. The number of para-hydroxylation sites is 1. The third kappa shape index (κ3) is 3.44. The molecule has 0 radical (unpaired) electrons. The Bertz CT molecular complexity index is 1090. The molecule has 8 nitrogen and oxygen atoms in total. The fourth-order valence-corrected chi connectivity index (χ4v) is 3.44. The zero-order chi connectivity index (χ0) is 20.4. The molecule has 1 aromatic heterocycles. The largest absolute Gasteiger partial charge is 0.489 e. The Hall–Kier alpha value is -3.68. The lowest BCUT2D eigenvalue weighted by molar-refractivity contribution is -0.136. The first-order chi connectivity index (χ1) is 14.1. The van der Waals surface area contributed by atoms with Gasteiger partial charge in [0.1, 0.15) is 18.4 Å². The number of nitrogens with zero attached hydrogens (tertiary/aromatic N) is 4. The molecule has 1 aliphatic rings. The van der Waals surface area contributed by atoms with Gasteiger partial charge in [-0.15, -0.1) is 0 Å². The van der Waals surface area contributed by atoms with Crippen molar-refractivity contribution in [2.75, 3.05) is 12.4 Å². The molecule has 0 aliphatic carbocycles. The minimum atomic E-state index is -0.568. The summed E-state index contributed by atoms with van der Waals surface area (Å²) in [6.07, 6.45) is 0. The van der Waals surface area contributed by atoms with E-state index in [-0.39, 0.29) is 0 Å². The molecule has 3 aromatic rings. The summed E-state index contributed by atoms with van der Waals surface area (Å²) >= 11 is 0. The van der Waals surface area contributed by atoms with Gasteiger partial charge in [-0.25, -0.2) is 4.79 Å². The normalized spacial score (nSPS) is 15.5. The van der Waals surface area contributed by atoms with Gasteiger partial charge in [-0.1, -0.05) is 47.6 Å². The second-order valence-electron chi connectivity index (χ2n) is 6.76. The van der Waals surface area contributed by atoms with Crippen molar-refractivity contribution >= 4 is 11.9 Å². The highest BCUT2D eigenvalue weighted by Gasteiger charge is 2.36. The maximum atomic E-state index is 12.6. The molecular weight excluding hydrogens is 370 g/mol. The molecule has 2 heterocycles. The van der Waals surface area contributed by atoms with Crippen LogP contribution >= 0.6 is 0 Å². The number of nitrogens with one attached hydrogen (secondary N) is 1. The standard InChI is InChI=1S/C21H21N5O3/c1-13-8-4-5-9-15(13)12-29-17-11-7-6-10-16(17)19-18(20(27)28-3)14(2)22-21-23-24-25-26(19)21/h4-11,19H,12H2,1-3H3,(H,22,23,25). The van der Waals surface area contributed by atoms with Crippen molar-refractivity contribution in [1.29, 1.82) is 0 Å². The van der Waals surface area contributed by atoms with Crippen LogP contribution < -0.4 is 10.1 Å². The average Bonchev–Trinajstić information content (AvgIpc) is 3.20. The third-order valence-electron chi connectivity index (χ3n) is 4.98. The van der Waals surface area contributed by atoms with E-state index in [1.807, 2.05) is 55.5 Å². The summed E-state index contributed by atoms with van der Waals surface area (Å²) in [7, 11) is 1.36. The van der Waals surface area contributed by atoms with Gasteiger partial charge in [-0.3, -0.25) is 0 Å². The smallest absolute Gasteiger partial charge is 0.338 e. The summed E-state index contributed by atoms with van der Waals surface area (Å²) in [5, 5.41) is 14.9. The SMILES string of the molecule is COC(=O)C1=C(C)Nc2nnnn2C1c1ccccc1OCc1ccccc1C. The number of esters is 1. The lowest BCUT2D eigenvalue weighted by Crippen LogP contribution is -2.29. The maximum absolute atomic E-state index is 12.6. The van der Waals surface area contributed by atoms with Gasteiger partial charge in [0.15, 0.2) is 0 Å². The molecule has 4 rings (SSSR count). The predicted molar refractivity (Wildman–Crippen MR) is 106 cm³/mol. The Labute approximate surface area is 168 Å². The number of hydrogen-bond donors (Lipinski definition) is 1. The summed E-state index contributed by atoms with van der Waals surface area (Å²) in [6, 6.07) is 15.1. The number of carbonyl (C=O) groups is 1. The van der Waals surface area contributed by atoms with Crippen molar-refractivity contribution in [3.63, 3.8) is 0 Å². The van der Waals surface area contributed by atoms with Gasteiger partial charge in [-0.2, -0.15) is 4.68 Å². The zero-order valence-corrected chi connectivity index (χ0v) is 16.4. The predicted octanol–water partition coefficient (Wildman–Crippen LogP) is 3.02. The third-order valence-corrected chi connectivity index (χ3v) is 4.98. The number of rotatable bonds is 5. The van der Waals surface area contributed by atoms with Crippen LogP contribution in [0.4, 0.5) is 5.95 Å². The monoisotopic (exact) mass is 391 g/mol. The Balaban J connectivity index is 1.76. The second-order valence-corrected chi connectivity index (χ2v) is 6.76. The fourth-order valence-electron chi connectivity index (χ4n) is 3.44. The number of ether oxygens (including phenoxy) is 2. The molecule has 0 spiro atoms. The Morgan fingerprint density at radius 3 is 2.69 bits per heavy atom. The Morgan fingerprint density at radius 1 is 1.14 bits per heavy atom. The number of fused-ring (bicyclic) bond motifs is 1. The molecule has 0 fully saturated rings. The van der Waals surface area contributed by atoms with Crippen LogP contribution in [0.3, 0.4) is 0 Å². The Kier molecular flexibility index (Phi) is 4.99. The molecule has 1 N–H and O–H groups in total. The molecule has 1 atom stereocenters. The van der Waals surface area contributed by atoms with E-state index in [1.165, 1.54) is 7.11 Å².